The summed E-state index contributed by atoms with van der Waals surface area (Å²) in [5.74, 6) is 0. The molecule has 1 heteroatoms. The zero-order chi connectivity index (χ0) is 7.94. The van der Waals surface area contributed by atoms with Crippen molar-refractivity contribution in [2.45, 2.75) is 25.7 Å². The first-order chi connectivity index (χ1) is 5.43. The lowest BCUT2D eigenvalue weighted by Gasteiger charge is -1.94. The van der Waals surface area contributed by atoms with E-state index in [0.29, 0.717) is 0 Å². The normalized spacial score (nSPS) is 9.82. The van der Waals surface area contributed by atoms with Crippen molar-refractivity contribution >= 4 is 11.3 Å². The molecule has 0 bridgehead atoms. The summed E-state index contributed by atoms with van der Waals surface area (Å²) in [7, 11) is 0. The third kappa shape index (κ3) is 3.38. The molecule has 0 unspecified atom stereocenters. The second kappa shape index (κ2) is 5.14. The van der Waals surface area contributed by atoms with Crippen molar-refractivity contribution in [3.8, 4) is 0 Å². The molecule has 0 aromatic carbocycles. The van der Waals surface area contributed by atoms with Gasteiger partial charge >= 0.3 is 0 Å². The smallest absolute Gasteiger partial charge is 0.00452 e. The van der Waals surface area contributed by atoms with Crippen molar-refractivity contribution in [2.24, 2.45) is 0 Å². The lowest BCUT2D eigenvalue weighted by atomic mass is 10.2. The van der Waals surface area contributed by atoms with E-state index in [1.807, 2.05) is 17.4 Å². The Bertz CT molecular complexity index is 187. The van der Waals surface area contributed by atoms with Gasteiger partial charge in [-0.2, -0.15) is 0 Å². The van der Waals surface area contributed by atoms with Crippen molar-refractivity contribution in [1.82, 2.24) is 0 Å². The molecule has 0 amide bonds. The molecule has 1 aromatic heterocycles. The SMILES string of the molecule is C=CCCCCc1cccs1. The number of aryl methyl sites for hydroxylation is 1. The third-order valence-corrected chi connectivity index (χ3v) is 2.60. The monoisotopic (exact) mass is 166 g/mol. The second-order valence-corrected chi connectivity index (χ2v) is 3.65. The van der Waals surface area contributed by atoms with E-state index in [2.05, 4.69) is 24.1 Å². The van der Waals surface area contributed by atoms with E-state index in [1.165, 1.54) is 24.1 Å². The first kappa shape index (κ1) is 8.54. The Morgan fingerprint density at radius 2 is 2.36 bits per heavy atom. The molecule has 11 heavy (non-hydrogen) atoms. The average molecular weight is 166 g/mol. The summed E-state index contributed by atoms with van der Waals surface area (Å²) in [6, 6.07) is 4.33. The lowest BCUT2D eigenvalue weighted by molar-refractivity contribution is 0.755. The quantitative estimate of drug-likeness (QED) is 0.462. The Hall–Kier alpha value is -0.560. The molecule has 0 spiro atoms. The first-order valence-electron chi connectivity index (χ1n) is 4.07. The topological polar surface area (TPSA) is 0 Å². The van der Waals surface area contributed by atoms with E-state index in [4.69, 9.17) is 0 Å². The van der Waals surface area contributed by atoms with Gasteiger partial charge in [0.1, 0.15) is 0 Å². The molecule has 0 aliphatic carbocycles. The van der Waals surface area contributed by atoms with Crippen LogP contribution in [0.15, 0.2) is 30.2 Å². The fraction of sp³-hybridized carbons (Fsp3) is 0.400. The molecule has 0 aliphatic heterocycles. The highest BCUT2D eigenvalue weighted by Crippen LogP contribution is 2.12. The Morgan fingerprint density at radius 1 is 1.45 bits per heavy atom. The van der Waals surface area contributed by atoms with Gasteiger partial charge < -0.3 is 0 Å². The van der Waals surface area contributed by atoms with Gasteiger partial charge in [0.15, 0.2) is 0 Å². The van der Waals surface area contributed by atoms with Crippen LogP contribution in [0.2, 0.25) is 0 Å². The van der Waals surface area contributed by atoms with E-state index in [-0.39, 0.29) is 0 Å². The van der Waals surface area contributed by atoms with E-state index in [0.717, 1.165) is 6.42 Å². The number of unbranched alkanes of at least 4 members (excludes halogenated alkanes) is 2. The molecular weight excluding hydrogens is 152 g/mol. The maximum absolute atomic E-state index is 3.70. The standard InChI is InChI=1S/C10H14S/c1-2-3-4-5-7-10-8-6-9-11-10/h2,6,8-9H,1,3-5,7H2. The summed E-state index contributed by atoms with van der Waals surface area (Å²) < 4.78 is 0. The van der Waals surface area contributed by atoms with Gasteiger partial charge in [0.2, 0.25) is 0 Å². The molecule has 0 fully saturated rings. The zero-order valence-corrected chi connectivity index (χ0v) is 7.57. The maximum Gasteiger partial charge on any atom is 0.00452 e. The molecular formula is C10H14S. The zero-order valence-electron chi connectivity index (χ0n) is 6.75. The van der Waals surface area contributed by atoms with Crippen molar-refractivity contribution < 1.29 is 0 Å². The molecule has 0 saturated carbocycles. The van der Waals surface area contributed by atoms with Crippen LogP contribution in [-0.4, -0.2) is 0 Å². The van der Waals surface area contributed by atoms with Crippen molar-refractivity contribution in [1.29, 1.82) is 0 Å². The molecule has 1 heterocycles. The van der Waals surface area contributed by atoms with Crippen molar-refractivity contribution in [3.63, 3.8) is 0 Å². The summed E-state index contributed by atoms with van der Waals surface area (Å²) in [5.41, 5.74) is 0. The highest BCUT2D eigenvalue weighted by Gasteiger charge is 1.91. The number of rotatable bonds is 5. The summed E-state index contributed by atoms with van der Waals surface area (Å²) >= 11 is 1.86. The molecule has 0 atom stereocenters. The molecule has 0 saturated heterocycles. The summed E-state index contributed by atoms with van der Waals surface area (Å²) in [6.07, 6.45) is 6.97. The van der Waals surface area contributed by atoms with Gasteiger partial charge in [-0.15, -0.1) is 17.9 Å². The third-order valence-electron chi connectivity index (χ3n) is 1.66. The summed E-state index contributed by atoms with van der Waals surface area (Å²) in [5, 5.41) is 2.14. The number of hydrogen-bond acceptors (Lipinski definition) is 1. The van der Waals surface area contributed by atoms with Crippen LogP contribution >= 0.6 is 11.3 Å². The fourth-order valence-corrected chi connectivity index (χ4v) is 1.79. The van der Waals surface area contributed by atoms with E-state index < -0.39 is 0 Å². The average Bonchev–Trinajstić information content (AvgIpc) is 2.50. The van der Waals surface area contributed by atoms with Crippen LogP contribution in [0.4, 0.5) is 0 Å². The largest absolute Gasteiger partial charge is 0.149 e. The second-order valence-electron chi connectivity index (χ2n) is 2.61. The highest BCUT2D eigenvalue weighted by atomic mass is 32.1. The van der Waals surface area contributed by atoms with Crippen LogP contribution in [0.1, 0.15) is 24.1 Å². The Labute approximate surface area is 72.6 Å². The number of hydrogen-bond donors (Lipinski definition) is 0. The van der Waals surface area contributed by atoms with Crippen LogP contribution in [0.5, 0.6) is 0 Å². The molecule has 0 N–H and O–H groups in total. The van der Waals surface area contributed by atoms with Gasteiger partial charge in [0, 0.05) is 4.88 Å². The van der Waals surface area contributed by atoms with Gasteiger partial charge in [0.05, 0.1) is 0 Å². The lowest BCUT2D eigenvalue weighted by Crippen LogP contribution is -1.79. The van der Waals surface area contributed by atoms with Gasteiger partial charge in [0.25, 0.3) is 0 Å². The Balaban J connectivity index is 2.09. The first-order valence-corrected chi connectivity index (χ1v) is 4.94. The van der Waals surface area contributed by atoms with Gasteiger partial charge in [-0.1, -0.05) is 12.1 Å². The van der Waals surface area contributed by atoms with Crippen LogP contribution < -0.4 is 0 Å². The van der Waals surface area contributed by atoms with E-state index >= 15 is 0 Å². The Kier molecular flexibility index (Phi) is 3.99. The number of allylic oxidation sites excluding steroid dienone is 1. The Morgan fingerprint density at radius 3 is 3.00 bits per heavy atom. The number of thiophene rings is 1. The molecule has 0 nitrogen and oxygen atoms in total. The molecule has 60 valence electrons. The molecule has 0 aliphatic rings. The molecule has 0 radical (unpaired) electrons. The summed E-state index contributed by atoms with van der Waals surface area (Å²) in [4.78, 5) is 1.51. The van der Waals surface area contributed by atoms with Gasteiger partial charge in [-0.25, -0.2) is 0 Å². The van der Waals surface area contributed by atoms with Crippen LogP contribution in [0.3, 0.4) is 0 Å². The summed E-state index contributed by atoms with van der Waals surface area (Å²) in [6.45, 7) is 3.70. The van der Waals surface area contributed by atoms with E-state index in [9.17, 15) is 0 Å². The molecule has 1 rings (SSSR count). The minimum absolute atomic E-state index is 1.16. The minimum atomic E-state index is 1.16. The van der Waals surface area contributed by atoms with Crippen LogP contribution in [0.25, 0.3) is 0 Å². The highest BCUT2D eigenvalue weighted by molar-refractivity contribution is 7.09. The minimum Gasteiger partial charge on any atom is -0.149 e. The van der Waals surface area contributed by atoms with Crippen molar-refractivity contribution in [2.75, 3.05) is 0 Å². The van der Waals surface area contributed by atoms with Crippen molar-refractivity contribution in [3.05, 3.63) is 35.0 Å². The van der Waals surface area contributed by atoms with Crippen LogP contribution in [-0.2, 0) is 6.42 Å². The van der Waals surface area contributed by atoms with Gasteiger partial charge in [-0.05, 0) is 37.1 Å². The predicted octanol–water partition coefficient (Wildman–Crippen LogP) is 3.65. The van der Waals surface area contributed by atoms with Gasteiger partial charge in [-0.3, -0.25) is 0 Å². The van der Waals surface area contributed by atoms with Crippen LogP contribution in [0, 0.1) is 0 Å². The molecule has 1 aromatic rings. The van der Waals surface area contributed by atoms with E-state index in [1.54, 1.807) is 0 Å². The maximum atomic E-state index is 3.70. The predicted molar refractivity (Wildman–Crippen MR) is 52.1 cm³/mol. The fourth-order valence-electron chi connectivity index (χ4n) is 1.04.